The van der Waals surface area contributed by atoms with E-state index in [1.165, 1.54) is 5.56 Å². The van der Waals surface area contributed by atoms with Crippen LogP contribution >= 0.6 is 0 Å². The molecular weight excluding hydrogens is 244 g/mol. The van der Waals surface area contributed by atoms with E-state index in [4.69, 9.17) is 0 Å². The zero-order valence-electron chi connectivity index (χ0n) is 11.9. The molecule has 2 heteroatoms. The van der Waals surface area contributed by atoms with Gasteiger partial charge in [-0.15, -0.1) is 0 Å². The van der Waals surface area contributed by atoms with Crippen LogP contribution in [0.5, 0.6) is 0 Å². The van der Waals surface area contributed by atoms with Gasteiger partial charge in [-0.2, -0.15) is 5.26 Å². The van der Waals surface area contributed by atoms with E-state index in [-0.39, 0.29) is 5.41 Å². The summed E-state index contributed by atoms with van der Waals surface area (Å²) in [7, 11) is 0. The normalized spacial score (nSPS) is 15.9. The summed E-state index contributed by atoms with van der Waals surface area (Å²) < 4.78 is 0. The number of hydrogen-bond acceptors (Lipinski definition) is 2. The van der Waals surface area contributed by atoms with E-state index in [0.717, 1.165) is 29.7 Å². The molecule has 0 aliphatic heterocycles. The second kappa shape index (κ2) is 4.76. The highest BCUT2D eigenvalue weighted by molar-refractivity contribution is 5.60. The van der Waals surface area contributed by atoms with Crippen molar-refractivity contribution in [1.29, 1.82) is 5.26 Å². The van der Waals surface area contributed by atoms with Crippen LogP contribution in [0.3, 0.4) is 0 Å². The van der Waals surface area contributed by atoms with Crippen LogP contribution in [-0.4, -0.2) is 4.98 Å². The van der Waals surface area contributed by atoms with E-state index in [2.05, 4.69) is 55.2 Å². The topological polar surface area (TPSA) is 36.7 Å². The molecule has 0 spiro atoms. The fraction of sp³-hybridized carbons (Fsp3) is 0.333. The highest BCUT2D eigenvalue weighted by Crippen LogP contribution is 2.47. The minimum Gasteiger partial charge on any atom is -0.256 e. The Labute approximate surface area is 120 Å². The van der Waals surface area contributed by atoms with Crippen molar-refractivity contribution in [3.05, 3.63) is 53.7 Å². The second-order valence-corrected chi connectivity index (χ2v) is 5.91. The van der Waals surface area contributed by atoms with Crippen LogP contribution in [0, 0.1) is 11.3 Å². The Balaban J connectivity index is 1.92. The van der Waals surface area contributed by atoms with Gasteiger partial charge in [0, 0.05) is 11.8 Å². The first kappa shape index (κ1) is 12.9. The largest absolute Gasteiger partial charge is 0.256 e. The van der Waals surface area contributed by atoms with Crippen LogP contribution in [-0.2, 0) is 5.41 Å². The molecule has 20 heavy (non-hydrogen) atoms. The molecule has 0 N–H and O–H groups in total. The van der Waals surface area contributed by atoms with Gasteiger partial charge in [0.2, 0.25) is 0 Å². The minimum atomic E-state index is -0.245. The van der Waals surface area contributed by atoms with Gasteiger partial charge < -0.3 is 0 Å². The summed E-state index contributed by atoms with van der Waals surface area (Å²) in [4.78, 5) is 4.55. The van der Waals surface area contributed by atoms with Crippen LogP contribution in [0.15, 0.2) is 42.6 Å². The standard InChI is InChI=1S/C18H18N2/c1-13(2)14-4-3-5-15(10-14)17-7-6-16(11-20-17)18(12-19)8-9-18/h3-7,10-11,13H,8-9H2,1-2H3. The third-order valence-electron chi connectivity index (χ3n) is 4.13. The van der Waals surface area contributed by atoms with Crippen molar-refractivity contribution < 1.29 is 0 Å². The molecule has 1 fully saturated rings. The number of aromatic nitrogens is 1. The number of nitriles is 1. The molecule has 1 aliphatic rings. The number of nitrogens with zero attached hydrogens (tertiary/aromatic N) is 2. The molecule has 0 atom stereocenters. The van der Waals surface area contributed by atoms with Crippen molar-refractivity contribution in [2.75, 3.05) is 0 Å². The average molecular weight is 262 g/mol. The van der Waals surface area contributed by atoms with Crippen molar-refractivity contribution in [3.8, 4) is 17.3 Å². The molecule has 1 heterocycles. The van der Waals surface area contributed by atoms with E-state index < -0.39 is 0 Å². The molecule has 0 bridgehead atoms. The Morgan fingerprint density at radius 1 is 1.20 bits per heavy atom. The highest BCUT2D eigenvalue weighted by atomic mass is 14.7. The fourth-order valence-electron chi connectivity index (χ4n) is 2.49. The Kier molecular flexibility index (Phi) is 3.06. The summed E-state index contributed by atoms with van der Waals surface area (Å²) in [5.74, 6) is 0.516. The number of benzene rings is 1. The van der Waals surface area contributed by atoms with E-state index in [1.807, 2.05) is 12.3 Å². The number of rotatable bonds is 3. The smallest absolute Gasteiger partial charge is 0.0838 e. The van der Waals surface area contributed by atoms with E-state index in [0.29, 0.717) is 5.92 Å². The zero-order valence-corrected chi connectivity index (χ0v) is 11.9. The summed E-state index contributed by atoms with van der Waals surface area (Å²) >= 11 is 0. The van der Waals surface area contributed by atoms with Gasteiger partial charge in [-0.3, -0.25) is 4.98 Å². The minimum absolute atomic E-state index is 0.245. The van der Waals surface area contributed by atoms with E-state index >= 15 is 0 Å². The van der Waals surface area contributed by atoms with E-state index in [9.17, 15) is 5.26 Å². The van der Waals surface area contributed by atoms with Crippen LogP contribution < -0.4 is 0 Å². The number of pyridine rings is 1. The van der Waals surface area contributed by atoms with Gasteiger partial charge in [0.25, 0.3) is 0 Å². The van der Waals surface area contributed by atoms with Crippen molar-refractivity contribution >= 4 is 0 Å². The molecule has 0 unspecified atom stereocenters. The summed E-state index contributed by atoms with van der Waals surface area (Å²) in [6.45, 7) is 4.39. The van der Waals surface area contributed by atoms with Crippen LogP contribution in [0.1, 0.15) is 43.7 Å². The predicted molar refractivity (Wildman–Crippen MR) is 80.3 cm³/mol. The molecule has 3 rings (SSSR count). The Morgan fingerprint density at radius 2 is 2.00 bits per heavy atom. The van der Waals surface area contributed by atoms with Gasteiger partial charge in [-0.05, 0) is 42.0 Å². The Bertz CT molecular complexity index is 659. The summed E-state index contributed by atoms with van der Waals surface area (Å²) in [6.07, 6.45) is 3.80. The molecule has 0 saturated heterocycles. The molecule has 1 saturated carbocycles. The van der Waals surface area contributed by atoms with Crippen LogP contribution in [0.2, 0.25) is 0 Å². The fourth-order valence-corrected chi connectivity index (χ4v) is 2.49. The Morgan fingerprint density at radius 3 is 2.55 bits per heavy atom. The van der Waals surface area contributed by atoms with Crippen LogP contribution in [0.25, 0.3) is 11.3 Å². The molecule has 0 amide bonds. The van der Waals surface area contributed by atoms with Gasteiger partial charge in [-0.1, -0.05) is 38.1 Å². The molecule has 1 aromatic carbocycles. The van der Waals surface area contributed by atoms with Gasteiger partial charge >= 0.3 is 0 Å². The SMILES string of the molecule is CC(C)c1cccc(-c2ccc(C3(C#N)CC3)cn2)c1. The lowest BCUT2D eigenvalue weighted by Gasteiger charge is -2.09. The van der Waals surface area contributed by atoms with E-state index in [1.54, 1.807) is 0 Å². The lowest BCUT2D eigenvalue weighted by molar-refractivity contribution is 0.867. The monoisotopic (exact) mass is 262 g/mol. The van der Waals surface area contributed by atoms with Crippen molar-refractivity contribution in [2.24, 2.45) is 0 Å². The summed E-state index contributed by atoms with van der Waals surface area (Å²) in [6, 6.07) is 15.0. The van der Waals surface area contributed by atoms with Crippen molar-refractivity contribution in [1.82, 2.24) is 4.98 Å². The van der Waals surface area contributed by atoms with Crippen LogP contribution in [0.4, 0.5) is 0 Å². The average Bonchev–Trinajstić information content (AvgIpc) is 3.29. The van der Waals surface area contributed by atoms with Gasteiger partial charge in [0.05, 0.1) is 17.2 Å². The zero-order chi connectivity index (χ0) is 14.2. The molecule has 2 aromatic rings. The van der Waals surface area contributed by atoms with Crippen molar-refractivity contribution in [3.63, 3.8) is 0 Å². The van der Waals surface area contributed by atoms with Gasteiger partial charge in [0.1, 0.15) is 0 Å². The van der Waals surface area contributed by atoms with Gasteiger partial charge in [-0.25, -0.2) is 0 Å². The maximum absolute atomic E-state index is 9.22. The maximum atomic E-state index is 9.22. The quantitative estimate of drug-likeness (QED) is 0.820. The lowest BCUT2D eigenvalue weighted by atomic mass is 9.97. The second-order valence-electron chi connectivity index (χ2n) is 5.91. The predicted octanol–water partition coefficient (Wildman–Crippen LogP) is 4.43. The third-order valence-corrected chi connectivity index (χ3v) is 4.13. The van der Waals surface area contributed by atoms with Crippen molar-refractivity contribution in [2.45, 2.75) is 38.0 Å². The van der Waals surface area contributed by atoms with Gasteiger partial charge in [0.15, 0.2) is 0 Å². The first-order valence-electron chi connectivity index (χ1n) is 7.13. The molecular formula is C18H18N2. The molecule has 1 aromatic heterocycles. The first-order chi connectivity index (χ1) is 9.64. The lowest BCUT2D eigenvalue weighted by Crippen LogP contribution is -2.03. The molecule has 2 nitrogen and oxygen atoms in total. The molecule has 100 valence electrons. The Hall–Kier alpha value is -2.14. The highest BCUT2D eigenvalue weighted by Gasteiger charge is 2.45. The summed E-state index contributed by atoms with van der Waals surface area (Å²) in [5, 5.41) is 9.22. The molecule has 0 radical (unpaired) electrons. The summed E-state index contributed by atoms with van der Waals surface area (Å²) in [5.41, 5.74) is 4.26. The number of hydrogen-bond donors (Lipinski definition) is 0. The first-order valence-corrected chi connectivity index (χ1v) is 7.13. The molecule has 1 aliphatic carbocycles. The third kappa shape index (κ3) is 2.20. The maximum Gasteiger partial charge on any atom is 0.0838 e.